The van der Waals surface area contributed by atoms with Gasteiger partial charge in [-0.3, -0.25) is 14.4 Å². The molecule has 0 amide bonds. The second kappa shape index (κ2) is 11.7. The Hall–Kier alpha value is -2.57. The minimum Gasteiger partial charge on any atom is -0.472 e. The van der Waals surface area contributed by atoms with Crippen molar-refractivity contribution in [3.8, 4) is 0 Å². The van der Waals surface area contributed by atoms with Crippen molar-refractivity contribution in [2.24, 2.45) is 22.7 Å². The van der Waals surface area contributed by atoms with Crippen LogP contribution in [0.4, 0.5) is 0 Å². The average molecular weight is 503 g/mol. The number of rotatable bonds is 10. The van der Waals surface area contributed by atoms with E-state index in [1.807, 2.05) is 6.07 Å². The van der Waals surface area contributed by atoms with Crippen LogP contribution in [0.1, 0.15) is 97.7 Å². The summed E-state index contributed by atoms with van der Waals surface area (Å²) in [7, 11) is 0. The predicted octanol–water partition coefficient (Wildman–Crippen LogP) is 6.33. The Morgan fingerprint density at radius 3 is 2.39 bits per heavy atom. The molecule has 0 aromatic carbocycles. The van der Waals surface area contributed by atoms with Crippen molar-refractivity contribution in [2.45, 2.75) is 98.2 Å². The third-order valence-electron chi connectivity index (χ3n) is 8.64. The van der Waals surface area contributed by atoms with Crippen LogP contribution in [-0.2, 0) is 28.6 Å². The largest absolute Gasteiger partial charge is 0.472 e. The first-order chi connectivity index (χ1) is 17.1. The molecule has 2 fully saturated rings. The topological polar surface area (TPSA) is 92.0 Å². The summed E-state index contributed by atoms with van der Waals surface area (Å²) in [6.07, 6.45) is 7.15. The van der Waals surface area contributed by atoms with Crippen LogP contribution in [0.25, 0.3) is 0 Å². The lowest BCUT2D eigenvalue weighted by atomic mass is 9.46. The van der Waals surface area contributed by atoms with Crippen LogP contribution in [-0.4, -0.2) is 30.6 Å². The van der Waals surface area contributed by atoms with E-state index in [4.69, 9.17) is 18.6 Å². The summed E-state index contributed by atoms with van der Waals surface area (Å²) in [4.78, 5) is 36.8. The summed E-state index contributed by atoms with van der Waals surface area (Å²) < 4.78 is 22.8. The second-order valence-corrected chi connectivity index (χ2v) is 10.8. The van der Waals surface area contributed by atoms with Gasteiger partial charge in [-0.25, -0.2) is 0 Å². The fourth-order valence-electron chi connectivity index (χ4n) is 6.54. The zero-order valence-electron chi connectivity index (χ0n) is 22.5. The number of ether oxygens (including phenoxy) is 3. The molecule has 0 spiro atoms. The molecule has 2 saturated carbocycles. The van der Waals surface area contributed by atoms with Crippen molar-refractivity contribution >= 4 is 17.9 Å². The van der Waals surface area contributed by atoms with Crippen LogP contribution in [0.3, 0.4) is 0 Å². The normalized spacial score (nSPS) is 30.7. The van der Waals surface area contributed by atoms with Crippen LogP contribution < -0.4 is 0 Å². The van der Waals surface area contributed by atoms with Gasteiger partial charge in [0.05, 0.1) is 12.5 Å². The van der Waals surface area contributed by atoms with E-state index in [1.54, 1.807) is 33.3 Å². The highest BCUT2D eigenvalue weighted by atomic mass is 16.6. The van der Waals surface area contributed by atoms with Crippen LogP contribution >= 0.6 is 0 Å². The Kier molecular flexibility index (Phi) is 9.07. The highest BCUT2D eigenvalue weighted by Crippen LogP contribution is 2.63. The fourth-order valence-corrected chi connectivity index (χ4v) is 6.54. The summed E-state index contributed by atoms with van der Waals surface area (Å²) in [5.74, 6) is -0.548. The number of allylic oxidation sites excluding steroid dienone is 1. The number of carbonyl (C=O) groups excluding carboxylic acids is 3. The molecule has 0 radical (unpaired) electrons. The smallest absolute Gasteiger partial charge is 0.306 e. The molecule has 0 bridgehead atoms. The highest BCUT2D eigenvalue weighted by Gasteiger charge is 2.60. The SMILES string of the molecule is C=C1CC[C@@H]2[C@](C)(COC(=O)CC)[C@H](OC(=O)CC)CC[C@@]2(C)[C@@H]1CC(OC(=O)CC)c1ccoc1. The van der Waals surface area contributed by atoms with Crippen LogP contribution in [0.15, 0.2) is 35.2 Å². The first-order valence-electron chi connectivity index (χ1n) is 13.3. The maximum absolute atomic E-state index is 12.3. The fraction of sp³-hybridized carbons (Fsp3) is 0.690. The van der Waals surface area contributed by atoms with E-state index in [0.717, 1.165) is 30.4 Å². The molecule has 7 nitrogen and oxygen atoms in total. The van der Waals surface area contributed by atoms with E-state index in [2.05, 4.69) is 20.4 Å². The maximum atomic E-state index is 12.3. The molecular weight excluding hydrogens is 460 g/mol. The predicted molar refractivity (Wildman–Crippen MR) is 135 cm³/mol. The molecule has 2 aliphatic rings. The molecule has 200 valence electrons. The van der Waals surface area contributed by atoms with E-state index in [9.17, 15) is 14.4 Å². The lowest BCUT2D eigenvalue weighted by Gasteiger charge is -2.60. The molecule has 6 atom stereocenters. The van der Waals surface area contributed by atoms with Gasteiger partial charge in [-0.05, 0) is 55.4 Å². The van der Waals surface area contributed by atoms with Gasteiger partial charge in [0, 0.05) is 30.2 Å². The van der Waals surface area contributed by atoms with Gasteiger partial charge in [0.2, 0.25) is 0 Å². The summed E-state index contributed by atoms with van der Waals surface area (Å²) in [6.45, 7) is 14.4. The molecule has 1 aromatic heterocycles. The molecule has 0 aliphatic heterocycles. The standard InChI is InChI=1S/C29H42O7/c1-7-25(30)34-18-29(6)23-11-10-19(4)21(28(23,5)14-12-24(29)36-27(32)9-3)16-22(35-26(31)8-2)20-13-15-33-17-20/h13,15,17,21-24H,4,7-12,14,16,18H2,1-3,5-6H3/t21-,22?,23+,24-,28+,29+/m1/s1. The number of hydrogen-bond donors (Lipinski definition) is 0. The Morgan fingerprint density at radius 1 is 1.08 bits per heavy atom. The summed E-state index contributed by atoms with van der Waals surface area (Å²) in [5.41, 5.74) is 1.25. The molecule has 7 heteroatoms. The summed E-state index contributed by atoms with van der Waals surface area (Å²) in [6, 6.07) is 1.84. The van der Waals surface area contributed by atoms with Gasteiger partial charge < -0.3 is 18.6 Å². The van der Waals surface area contributed by atoms with Crippen molar-refractivity contribution in [3.63, 3.8) is 0 Å². The first-order valence-corrected chi connectivity index (χ1v) is 13.3. The summed E-state index contributed by atoms with van der Waals surface area (Å²) in [5, 5.41) is 0. The zero-order valence-corrected chi connectivity index (χ0v) is 22.5. The Morgan fingerprint density at radius 2 is 1.78 bits per heavy atom. The lowest BCUT2D eigenvalue weighted by molar-refractivity contribution is -0.194. The molecule has 1 heterocycles. The molecule has 3 rings (SSSR count). The monoisotopic (exact) mass is 502 g/mol. The van der Waals surface area contributed by atoms with Gasteiger partial charge in [-0.1, -0.05) is 46.8 Å². The van der Waals surface area contributed by atoms with Crippen LogP contribution in [0, 0.1) is 22.7 Å². The van der Waals surface area contributed by atoms with E-state index in [0.29, 0.717) is 32.1 Å². The maximum Gasteiger partial charge on any atom is 0.306 e. The van der Waals surface area contributed by atoms with Gasteiger partial charge in [0.15, 0.2) is 0 Å². The van der Waals surface area contributed by atoms with Crippen molar-refractivity contribution < 1.29 is 33.0 Å². The minimum atomic E-state index is -0.535. The highest BCUT2D eigenvalue weighted by molar-refractivity contribution is 5.70. The van der Waals surface area contributed by atoms with E-state index < -0.39 is 11.5 Å². The number of fused-ring (bicyclic) bond motifs is 1. The Bertz CT molecular complexity index is 935. The first kappa shape index (κ1) is 28.0. The molecule has 0 N–H and O–H groups in total. The Balaban J connectivity index is 1.95. The number of esters is 3. The Labute approximate surface area is 214 Å². The quantitative estimate of drug-likeness (QED) is 0.210. The molecule has 1 unspecified atom stereocenters. The third kappa shape index (κ3) is 5.70. The van der Waals surface area contributed by atoms with Crippen LogP contribution in [0.2, 0.25) is 0 Å². The van der Waals surface area contributed by atoms with Crippen molar-refractivity contribution in [2.75, 3.05) is 6.61 Å². The average Bonchev–Trinajstić information content (AvgIpc) is 3.40. The van der Waals surface area contributed by atoms with Gasteiger partial charge in [-0.15, -0.1) is 0 Å². The third-order valence-corrected chi connectivity index (χ3v) is 8.64. The molecule has 36 heavy (non-hydrogen) atoms. The van der Waals surface area contributed by atoms with Crippen LogP contribution in [0.5, 0.6) is 0 Å². The zero-order chi connectivity index (χ0) is 26.5. The van der Waals surface area contributed by atoms with Gasteiger partial charge >= 0.3 is 17.9 Å². The van der Waals surface area contributed by atoms with Crippen molar-refractivity contribution in [1.29, 1.82) is 0 Å². The summed E-state index contributed by atoms with van der Waals surface area (Å²) >= 11 is 0. The van der Waals surface area contributed by atoms with Crippen molar-refractivity contribution in [3.05, 3.63) is 36.3 Å². The van der Waals surface area contributed by atoms with E-state index in [1.165, 1.54) is 0 Å². The van der Waals surface area contributed by atoms with Crippen molar-refractivity contribution in [1.82, 2.24) is 0 Å². The molecule has 2 aliphatic carbocycles. The number of carbonyl (C=O) groups is 3. The van der Waals surface area contributed by atoms with Gasteiger partial charge in [-0.2, -0.15) is 0 Å². The molecular formula is C29H42O7. The number of hydrogen-bond acceptors (Lipinski definition) is 7. The van der Waals surface area contributed by atoms with E-state index >= 15 is 0 Å². The molecule has 0 saturated heterocycles. The second-order valence-electron chi connectivity index (χ2n) is 10.8. The lowest BCUT2D eigenvalue weighted by Crippen LogP contribution is -2.59. The molecule has 1 aromatic rings. The van der Waals surface area contributed by atoms with E-state index in [-0.39, 0.29) is 47.9 Å². The minimum absolute atomic E-state index is 0.0739. The van der Waals surface area contributed by atoms with Gasteiger partial charge in [0.1, 0.15) is 18.8 Å². The van der Waals surface area contributed by atoms with Gasteiger partial charge in [0.25, 0.3) is 0 Å². The number of furan rings is 1.